The van der Waals surface area contributed by atoms with Crippen LogP contribution in [0.5, 0.6) is 5.75 Å². The van der Waals surface area contributed by atoms with E-state index in [-0.39, 0.29) is 18.4 Å². The van der Waals surface area contributed by atoms with Gasteiger partial charge in [0.1, 0.15) is 18.1 Å². The molecule has 0 aliphatic heterocycles. The van der Waals surface area contributed by atoms with Crippen LogP contribution < -0.4 is 10.1 Å². The Kier molecular flexibility index (Phi) is 5.35. The third-order valence-electron chi connectivity index (χ3n) is 3.21. The molecule has 122 valence electrons. The van der Waals surface area contributed by atoms with Gasteiger partial charge in [0.15, 0.2) is 5.82 Å². The molecular formula is C16H19N3O4. The summed E-state index contributed by atoms with van der Waals surface area (Å²) in [5.41, 5.74) is 0.908. The molecule has 0 aliphatic rings. The number of rotatable bonds is 6. The average molecular weight is 317 g/mol. The second kappa shape index (κ2) is 7.44. The van der Waals surface area contributed by atoms with Crippen LogP contribution in [0.25, 0.3) is 0 Å². The summed E-state index contributed by atoms with van der Waals surface area (Å²) in [5.74, 6) is 1.15. The molecule has 0 saturated carbocycles. The van der Waals surface area contributed by atoms with Crippen molar-refractivity contribution in [2.24, 2.45) is 0 Å². The smallest absolute Gasteiger partial charge is 0.245 e. The standard InChI is InChI=1S/C16H19N3O4/c1-11-8-15(18-23-11)17-16(21)10-19(12(2)20)9-13-4-6-14(22-3)7-5-13/h4-8H,9-10H2,1-3H3,(H,17,18,21). The van der Waals surface area contributed by atoms with Crippen molar-refractivity contribution in [2.75, 3.05) is 19.0 Å². The zero-order chi connectivity index (χ0) is 16.8. The molecule has 0 radical (unpaired) electrons. The number of ether oxygens (including phenoxy) is 1. The Balaban J connectivity index is 1.97. The summed E-state index contributed by atoms with van der Waals surface area (Å²) in [6.07, 6.45) is 0. The second-order valence-electron chi connectivity index (χ2n) is 5.09. The highest BCUT2D eigenvalue weighted by Crippen LogP contribution is 2.13. The van der Waals surface area contributed by atoms with Crippen LogP contribution in [0.1, 0.15) is 18.2 Å². The van der Waals surface area contributed by atoms with E-state index in [9.17, 15) is 9.59 Å². The Morgan fingerprint density at radius 1 is 1.30 bits per heavy atom. The molecule has 23 heavy (non-hydrogen) atoms. The highest BCUT2D eigenvalue weighted by Gasteiger charge is 2.15. The van der Waals surface area contributed by atoms with Gasteiger partial charge in [-0.1, -0.05) is 17.3 Å². The quantitative estimate of drug-likeness (QED) is 0.880. The molecule has 2 amide bonds. The van der Waals surface area contributed by atoms with Crippen molar-refractivity contribution in [3.63, 3.8) is 0 Å². The van der Waals surface area contributed by atoms with E-state index in [2.05, 4.69) is 10.5 Å². The lowest BCUT2D eigenvalue weighted by Crippen LogP contribution is -2.36. The van der Waals surface area contributed by atoms with Gasteiger partial charge < -0.3 is 19.5 Å². The van der Waals surface area contributed by atoms with Crippen molar-refractivity contribution >= 4 is 17.6 Å². The average Bonchev–Trinajstić information content (AvgIpc) is 2.92. The summed E-state index contributed by atoms with van der Waals surface area (Å²) >= 11 is 0. The van der Waals surface area contributed by atoms with Crippen molar-refractivity contribution in [3.05, 3.63) is 41.7 Å². The molecule has 7 heteroatoms. The molecule has 0 atom stereocenters. The van der Waals surface area contributed by atoms with Crippen LogP contribution in [0.2, 0.25) is 0 Å². The Bertz CT molecular complexity index is 679. The number of benzene rings is 1. The van der Waals surface area contributed by atoms with Crippen LogP contribution in [0.4, 0.5) is 5.82 Å². The molecule has 0 spiro atoms. The van der Waals surface area contributed by atoms with Crippen molar-refractivity contribution < 1.29 is 18.8 Å². The first kappa shape index (κ1) is 16.5. The van der Waals surface area contributed by atoms with E-state index in [1.165, 1.54) is 11.8 Å². The number of nitrogens with zero attached hydrogens (tertiary/aromatic N) is 2. The summed E-state index contributed by atoms with van der Waals surface area (Å²) in [6, 6.07) is 8.94. The van der Waals surface area contributed by atoms with Crippen LogP contribution in [0, 0.1) is 6.92 Å². The van der Waals surface area contributed by atoms with E-state index in [4.69, 9.17) is 9.26 Å². The van der Waals surface area contributed by atoms with Crippen molar-refractivity contribution in [3.8, 4) is 5.75 Å². The lowest BCUT2D eigenvalue weighted by atomic mass is 10.2. The number of aryl methyl sites for hydroxylation is 1. The fraction of sp³-hybridized carbons (Fsp3) is 0.312. The number of hydrogen-bond donors (Lipinski definition) is 1. The monoisotopic (exact) mass is 317 g/mol. The summed E-state index contributed by atoms with van der Waals surface area (Å²) in [7, 11) is 1.59. The topological polar surface area (TPSA) is 84.7 Å². The third kappa shape index (κ3) is 4.84. The first-order valence-corrected chi connectivity index (χ1v) is 7.09. The fourth-order valence-electron chi connectivity index (χ4n) is 2.01. The second-order valence-corrected chi connectivity index (χ2v) is 5.09. The molecule has 1 heterocycles. The van der Waals surface area contributed by atoms with Gasteiger partial charge in [-0.05, 0) is 24.6 Å². The van der Waals surface area contributed by atoms with Crippen LogP contribution in [0.15, 0.2) is 34.9 Å². The first-order valence-electron chi connectivity index (χ1n) is 7.09. The summed E-state index contributed by atoms with van der Waals surface area (Å²) < 4.78 is 9.97. The Labute approximate surface area is 134 Å². The number of nitrogens with one attached hydrogen (secondary N) is 1. The predicted octanol–water partition coefficient (Wildman–Crippen LogP) is 1.98. The van der Waals surface area contributed by atoms with Gasteiger partial charge in [0, 0.05) is 19.5 Å². The molecule has 2 rings (SSSR count). The number of carbonyl (C=O) groups excluding carboxylic acids is 2. The minimum atomic E-state index is -0.331. The van der Waals surface area contributed by atoms with Gasteiger partial charge in [0.2, 0.25) is 11.8 Å². The largest absolute Gasteiger partial charge is 0.497 e. The Hall–Kier alpha value is -2.83. The molecule has 1 aromatic heterocycles. The molecule has 1 N–H and O–H groups in total. The highest BCUT2D eigenvalue weighted by molar-refractivity contribution is 5.93. The maximum Gasteiger partial charge on any atom is 0.245 e. The predicted molar refractivity (Wildman–Crippen MR) is 84.0 cm³/mol. The lowest BCUT2D eigenvalue weighted by molar-refractivity contribution is -0.133. The van der Waals surface area contributed by atoms with Gasteiger partial charge in [0.25, 0.3) is 0 Å². The zero-order valence-electron chi connectivity index (χ0n) is 13.3. The van der Waals surface area contributed by atoms with E-state index < -0.39 is 0 Å². The SMILES string of the molecule is COc1ccc(CN(CC(=O)Nc2cc(C)on2)C(C)=O)cc1. The summed E-state index contributed by atoms with van der Waals surface area (Å²) in [5, 5.41) is 6.28. The highest BCUT2D eigenvalue weighted by atomic mass is 16.5. The number of methoxy groups -OCH3 is 1. The molecular weight excluding hydrogens is 298 g/mol. The van der Waals surface area contributed by atoms with E-state index in [0.29, 0.717) is 18.1 Å². The van der Waals surface area contributed by atoms with E-state index in [0.717, 1.165) is 11.3 Å². The lowest BCUT2D eigenvalue weighted by Gasteiger charge is -2.20. The van der Waals surface area contributed by atoms with Crippen LogP contribution in [-0.2, 0) is 16.1 Å². The summed E-state index contributed by atoms with van der Waals surface area (Å²) in [4.78, 5) is 25.2. The molecule has 2 aromatic rings. The Morgan fingerprint density at radius 2 is 2.00 bits per heavy atom. The summed E-state index contributed by atoms with van der Waals surface area (Å²) in [6.45, 7) is 3.43. The number of carbonyl (C=O) groups is 2. The maximum absolute atomic E-state index is 12.0. The minimum absolute atomic E-state index is 0.0622. The molecule has 0 aliphatic carbocycles. The third-order valence-corrected chi connectivity index (χ3v) is 3.21. The van der Waals surface area contributed by atoms with E-state index >= 15 is 0 Å². The maximum atomic E-state index is 12.0. The van der Waals surface area contributed by atoms with Crippen LogP contribution in [0.3, 0.4) is 0 Å². The molecule has 0 fully saturated rings. The minimum Gasteiger partial charge on any atom is -0.497 e. The zero-order valence-corrected chi connectivity index (χ0v) is 13.3. The fourth-order valence-corrected chi connectivity index (χ4v) is 2.01. The van der Waals surface area contributed by atoms with Gasteiger partial charge in [-0.2, -0.15) is 0 Å². The van der Waals surface area contributed by atoms with Gasteiger partial charge in [-0.25, -0.2) is 0 Å². The van der Waals surface area contributed by atoms with Gasteiger partial charge in [0.05, 0.1) is 7.11 Å². The van der Waals surface area contributed by atoms with Crippen molar-refractivity contribution in [1.82, 2.24) is 10.1 Å². The van der Waals surface area contributed by atoms with Crippen LogP contribution in [-0.4, -0.2) is 35.5 Å². The van der Waals surface area contributed by atoms with Crippen LogP contribution >= 0.6 is 0 Å². The van der Waals surface area contributed by atoms with E-state index in [1.807, 2.05) is 24.3 Å². The van der Waals surface area contributed by atoms with Gasteiger partial charge in [-0.3, -0.25) is 9.59 Å². The molecule has 7 nitrogen and oxygen atoms in total. The Morgan fingerprint density at radius 3 is 2.52 bits per heavy atom. The van der Waals surface area contributed by atoms with E-state index in [1.54, 1.807) is 20.1 Å². The molecule has 0 bridgehead atoms. The number of hydrogen-bond acceptors (Lipinski definition) is 5. The van der Waals surface area contributed by atoms with Crippen molar-refractivity contribution in [1.29, 1.82) is 0 Å². The normalized spacial score (nSPS) is 10.2. The number of anilines is 1. The number of aromatic nitrogens is 1. The van der Waals surface area contributed by atoms with Gasteiger partial charge >= 0.3 is 0 Å². The molecule has 0 saturated heterocycles. The van der Waals surface area contributed by atoms with Crippen molar-refractivity contribution in [2.45, 2.75) is 20.4 Å². The first-order chi connectivity index (χ1) is 11.0. The molecule has 1 aromatic carbocycles. The number of amides is 2. The van der Waals surface area contributed by atoms with Gasteiger partial charge in [-0.15, -0.1) is 0 Å². The molecule has 0 unspecified atom stereocenters.